The molecular weight excluding hydrogens is 390 g/mol. The van der Waals surface area contributed by atoms with Crippen molar-refractivity contribution < 1.29 is 14.3 Å². The summed E-state index contributed by atoms with van der Waals surface area (Å²) in [5.41, 5.74) is 0.523. The van der Waals surface area contributed by atoms with Crippen LogP contribution in [0.15, 0.2) is 89.1 Å². The van der Waals surface area contributed by atoms with Gasteiger partial charge in [0.25, 0.3) is 0 Å². The van der Waals surface area contributed by atoms with Crippen molar-refractivity contribution in [2.75, 3.05) is 19.6 Å². The van der Waals surface area contributed by atoms with Crippen molar-refractivity contribution in [2.24, 2.45) is 5.92 Å². The highest BCUT2D eigenvalue weighted by Gasteiger charge is 2.35. The average molecular weight is 418 g/mol. The number of hydrogen-bond acceptors (Lipinski definition) is 5. The molecule has 2 atom stereocenters. The fourth-order valence-electron chi connectivity index (χ4n) is 4.02. The molecular formula is C26H27NO4. The standard InChI is InChI=1S/C26H27NO4/c1-4-15-27(16-5-2)17-21(18(3)28)23(19-11-7-6-8-12-19)24-25(29)20-13-9-10-14-22(20)31-26(24)30/h4-14,21,23,29H,1-2,15-17H2,3H3/t21-,23+/m1/s1. The van der Waals surface area contributed by atoms with E-state index < -0.39 is 17.5 Å². The number of carbonyl (C=O) groups excluding carboxylic acids is 1. The second-order valence-electron chi connectivity index (χ2n) is 7.55. The van der Waals surface area contributed by atoms with E-state index in [1.165, 1.54) is 6.92 Å². The average Bonchev–Trinajstić information content (AvgIpc) is 2.76. The van der Waals surface area contributed by atoms with E-state index in [2.05, 4.69) is 13.2 Å². The third-order valence-corrected chi connectivity index (χ3v) is 5.44. The van der Waals surface area contributed by atoms with E-state index in [1.54, 1.807) is 36.4 Å². The van der Waals surface area contributed by atoms with Crippen LogP contribution in [0, 0.1) is 5.92 Å². The molecule has 5 nitrogen and oxygen atoms in total. The van der Waals surface area contributed by atoms with Gasteiger partial charge in [0.2, 0.25) is 0 Å². The van der Waals surface area contributed by atoms with E-state index in [0.29, 0.717) is 30.6 Å². The quantitative estimate of drug-likeness (QED) is 0.388. The molecule has 0 aliphatic carbocycles. The summed E-state index contributed by atoms with van der Waals surface area (Å²) in [6.45, 7) is 10.6. The second kappa shape index (κ2) is 10.0. The molecule has 31 heavy (non-hydrogen) atoms. The fourth-order valence-corrected chi connectivity index (χ4v) is 4.02. The molecule has 0 unspecified atom stereocenters. The fraction of sp³-hybridized carbons (Fsp3) is 0.231. The zero-order chi connectivity index (χ0) is 22.4. The van der Waals surface area contributed by atoms with Crippen molar-refractivity contribution in [1.82, 2.24) is 4.90 Å². The Morgan fingerprint density at radius 3 is 2.29 bits per heavy atom. The minimum Gasteiger partial charge on any atom is -0.507 e. The molecule has 0 fully saturated rings. The lowest BCUT2D eigenvalue weighted by Crippen LogP contribution is -2.37. The maximum absolute atomic E-state index is 13.0. The molecule has 0 amide bonds. The smallest absolute Gasteiger partial charge is 0.343 e. The van der Waals surface area contributed by atoms with E-state index in [4.69, 9.17) is 4.42 Å². The Balaban J connectivity index is 2.22. The lowest BCUT2D eigenvalue weighted by molar-refractivity contribution is -0.121. The zero-order valence-corrected chi connectivity index (χ0v) is 17.7. The van der Waals surface area contributed by atoms with Crippen molar-refractivity contribution in [3.05, 3.63) is 101 Å². The Hall–Kier alpha value is -3.44. The molecule has 3 aromatic rings. The Morgan fingerprint density at radius 1 is 1.06 bits per heavy atom. The Bertz CT molecular complexity index is 1120. The van der Waals surface area contributed by atoms with Gasteiger partial charge in [-0.25, -0.2) is 4.79 Å². The van der Waals surface area contributed by atoms with Crippen LogP contribution in [0.2, 0.25) is 0 Å². The first-order chi connectivity index (χ1) is 15.0. The van der Waals surface area contributed by atoms with Crippen molar-refractivity contribution in [1.29, 1.82) is 0 Å². The van der Waals surface area contributed by atoms with Gasteiger partial charge in [0.1, 0.15) is 17.1 Å². The third-order valence-electron chi connectivity index (χ3n) is 5.44. The van der Waals surface area contributed by atoms with Gasteiger partial charge in [0, 0.05) is 31.5 Å². The van der Waals surface area contributed by atoms with Gasteiger partial charge in [-0.3, -0.25) is 9.69 Å². The van der Waals surface area contributed by atoms with Crippen molar-refractivity contribution in [2.45, 2.75) is 12.8 Å². The monoisotopic (exact) mass is 417 g/mol. The van der Waals surface area contributed by atoms with Crippen molar-refractivity contribution >= 4 is 16.8 Å². The van der Waals surface area contributed by atoms with Crippen LogP contribution >= 0.6 is 0 Å². The van der Waals surface area contributed by atoms with Crippen molar-refractivity contribution in [3.8, 4) is 5.75 Å². The molecule has 0 saturated carbocycles. The summed E-state index contributed by atoms with van der Waals surface area (Å²) >= 11 is 0. The van der Waals surface area contributed by atoms with Crippen LogP contribution in [-0.4, -0.2) is 35.4 Å². The molecule has 5 heteroatoms. The molecule has 2 aromatic carbocycles. The molecule has 0 saturated heterocycles. The van der Waals surface area contributed by atoms with E-state index in [0.717, 1.165) is 5.56 Å². The summed E-state index contributed by atoms with van der Waals surface area (Å²) in [7, 11) is 0. The number of nitrogens with zero attached hydrogens (tertiary/aromatic N) is 1. The van der Waals surface area contributed by atoms with Crippen LogP contribution in [0.4, 0.5) is 0 Å². The van der Waals surface area contributed by atoms with E-state index >= 15 is 0 Å². The Morgan fingerprint density at radius 2 is 1.68 bits per heavy atom. The lowest BCUT2D eigenvalue weighted by atomic mass is 9.78. The third kappa shape index (κ3) is 4.84. The molecule has 0 aliphatic heterocycles. The molecule has 160 valence electrons. The van der Waals surface area contributed by atoms with Gasteiger partial charge in [-0.1, -0.05) is 54.6 Å². The highest BCUT2D eigenvalue weighted by molar-refractivity contribution is 5.86. The van der Waals surface area contributed by atoms with Gasteiger partial charge in [-0.2, -0.15) is 0 Å². The number of Topliss-reactive ketones (excluding diaryl/α,β-unsaturated/α-hetero) is 1. The van der Waals surface area contributed by atoms with Crippen LogP contribution < -0.4 is 5.63 Å². The summed E-state index contributed by atoms with van der Waals surface area (Å²) in [5.74, 6) is -1.49. The summed E-state index contributed by atoms with van der Waals surface area (Å²) in [5, 5.41) is 11.6. The van der Waals surface area contributed by atoms with Crippen LogP contribution in [0.5, 0.6) is 5.75 Å². The van der Waals surface area contributed by atoms with Crippen LogP contribution in [0.25, 0.3) is 11.0 Å². The Labute approximate surface area is 181 Å². The molecule has 3 rings (SSSR count). The van der Waals surface area contributed by atoms with Gasteiger partial charge in [-0.05, 0) is 24.6 Å². The highest BCUT2D eigenvalue weighted by Crippen LogP contribution is 2.39. The molecule has 0 bridgehead atoms. The minimum atomic E-state index is -0.670. The largest absolute Gasteiger partial charge is 0.507 e. The molecule has 0 radical (unpaired) electrons. The van der Waals surface area contributed by atoms with Crippen LogP contribution in [0.1, 0.15) is 24.0 Å². The number of rotatable bonds is 10. The van der Waals surface area contributed by atoms with Crippen LogP contribution in [-0.2, 0) is 4.79 Å². The Kier molecular flexibility index (Phi) is 7.21. The van der Waals surface area contributed by atoms with Gasteiger partial charge in [0.15, 0.2) is 0 Å². The summed E-state index contributed by atoms with van der Waals surface area (Å²) in [4.78, 5) is 27.9. The number of carbonyl (C=O) groups is 1. The molecule has 1 heterocycles. The van der Waals surface area contributed by atoms with Crippen LogP contribution in [0.3, 0.4) is 0 Å². The molecule has 1 aromatic heterocycles. The van der Waals surface area contributed by atoms with Crippen molar-refractivity contribution in [3.63, 3.8) is 0 Å². The van der Waals surface area contributed by atoms with Gasteiger partial charge < -0.3 is 9.52 Å². The summed E-state index contributed by atoms with van der Waals surface area (Å²) in [6, 6.07) is 16.1. The number of para-hydroxylation sites is 1. The number of hydrogen-bond donors (Lipinski definition) is 1. The zero-order valence-electron chi connectivity index (χ0n) is 17.7. The first-order valence-corrected chi connectivity index (χ1v) is 10.2. The lowest BCUT2D eigenvalue weighted by Gasteiger charge is -2.30. The first kappa shape index (κ1) is 22.2. The topological polar surface area (TPSA) is 70.8 Å². The van der Waals surface area contributed by atoms with Gasteiger partial charge >= 0.3 is 5.63 Å². The van der Waals surface area contributed by atoms with E-state index in [9.17, 15) is 14.7 Å². The highest BCUT2D eigenvalue weighted by atomic mass is 16.4. The maximum Gasteiger partial charge on any atom is 0.343 e. The van der Waals surface area contributed by atoms with Gasteiger partial charge in [-0.15, -0.1) is 13.2 Å². The normalized spacial score (nSPS) is 13.1. The number of ketones is 1. The maximum atomic E-state index is 13.0. The number of fused-ring (bicyclic) bond motifs is 1. The molecule has 1 N–H and O–H groups in total. The summed E-state index contributed by atoms with van der Waals surface area (Å²) < 4.78 is 5.53. The SMILES string of the molecule is C=CCN(CC=C)C[C@H](C(C)=O)[C@H](c1ccccc1)c1c(O)c2ccccc2oc1=O. The number of aromatic hydroxyl groups is 1. The molecule has 0 aliphatic rings. The summed E-state index contributed by atoms with van der Waals surface area (Å²) in [6.07, 6.45) is 3.53. The van der Waals surface area contributed by atoms with E-state index in [-0.39, 0.29) is 17.1 Å². The number of benzene rings is 2. The van der Waals surface area contributed by atoms with Gasteiger partial charge in [0.05, 0.1) is 10.9 Å². The molecule has 0 spiro atoms. The minimum absolute atomic E-state index is 0.0843. The first-order valence-electron chi connectivity index (χ1n) is 10.2. The predicted molar refractivity (Wildman–Crippen MR) is 123 cm³/mol. The predicted octanol–water partition coefficient (Wildman–Crippen LogP) is 4.51. The second-order valence-corrected chi connectivity index (χ2v) is 7.55. The van der Waals surface area contributed by atoms with E-state index in [1.807, 2.05) is 35.2 Å².